The third-order valence-corrected chi connectivity index (χ3v) is 4.34. The Morgan fingerprint density at radius 3 is 1.92 bits per heavy atom. The third-order valence-electron chi connectivity index (χ3n) is 4.34. The quantitative estimate of drug-likeness (QED) is 0.760. The first-order valence-corrected chi connectivity index (χ1v) is 8.58. The molecule has 1 amide bonds. The number of carbonyl (C=O) groups excluding carboxylic acids is 1. The Morgan fingerprint density at radius 2 is 1.31 bits per heavy atom. The van der Waals surface area contributed by atoms with Gasteiger partial charge in [-0.2, -0.15) is 0 Å². The fourth-order valence-corrected chi connectivity index (χ4v) is 3.05. The second-order valence-electron chi connectivity index (χ2n) is 6.21. The summed E-state index contributed by atoms with van der Waals surface area (Å²) < 4.78 is 12.2. The van der Waals surface area contributed by atoms with Gasteiger partial charge in [-0.15, -0.1) is 0 Å². The van der Waals surface area contributed by atoms with Gasteiger partial charge >= 0.3 is 0 Å². The molecule has 0 aromatic heterocycles. The van der Waals surface area contributed by atoms with Crippen LogP contribution < -0.4 is 14.8 Å². The lowest BCUT2D eigenvalue weighted by molar-refractivity contribution is -0.139. The Balaban J connectivity index is 1.54. The van der Waals surface area contributed by atoms with Crippen molar-refractivity contribution in [2.75, 3.05) is 0 Å². The zero-order valence-electron chi connectivity index (χ0n) is 14.2. The molecule has 3 aromatic rings. The van der Waals surface area contributed by atoms with E-state index in [9.17, 15) is 4.79 Å². The fraction of sp³-hybridized carbons (Fsp3) is 0.136. The predicted molar refractivity (Wildman–Crippen MR) is 98.7 cm³/mol. The van der Waals surface area contributed by atoms with E-state index in [1.165, 1.54) is 0 Å². The minimum atomic E-state index is -1.15. The van der Waals surface area contributed by atoms with E-state index in [1.807, 2.05) is 84.9 Å². The number of amides is 1. The molecular formula is C22H19NO3. The van der Waals surface area contributed by atoms with Gasteiger partial charge in [0.2, 0.25) is 5.91 Å². The molecule has 0 radical (unpaired) electrons. The van der Waals surface area contributed by atoms with Crippen LogP contribution in [0.2, 0.25) is 0 Å². The number of carbonyl (C=O) groups is 1. The van der Waals surface area contributed by atoms with Crippen LogP contribution >= 0.6 is 0 Å². The summed E-state index contributed by atoms with van der Waals surface area (Å²) in [6.07, 6.45) is 0.0680. The van der Waals surface area contributed by atoms with Crippen molar-refractivity contribution in [2.24, 2.45) is 0 Å². The molecule has 4 heteroatoms. The number of para-hydroxylation sites is 2. The smallest absolute Gasteiger partial charge is 0.287 e. The average molecular weight is 345 g/mol. The highest BCUT2D eigenvalue weighted by Gasteiger charge is 2.45. The van der Waals surface area contributed by atoms with E-state index < -0.39 is 5.79 Å². The minimum Gasteiger partial charge on any atom is -0.444 e. The molecule has 1 aliphatic rings. The largest absolute Gasteiger partial charge is 0.444 e. The van der Waals surface area contributed by atoms with Crippen LogP contribution in [0.3, 0.4) is 0 Å². The first kappa shape index (κ1) is 16.2. The minimum absolute atomic E-state index is 0.0680. The summed E-state index contributed by atoms with van der Waals surface area (Å²) in [7, 11) is 0. The lowest BCUT2D eigenvalue weighted by atomic mass is 10.0. The molecular weight excluding hydrogens is 326 g/mol. The highest BCUT2D eigenvalue weighted by molar-refractivity contribution is 5.77. The van der Waals surface area contributed by atoms with Gasteiger partial charge in [-0.25, -0.2) is 0 Å². The van der Waals surface area contributed by atoms with Crippen molar-refractivity contribution in [1.82, 2.24) is 5.32 Å². The Hall–Kier alpha value is -3.27. The summed E-state index contributed by atoms with van der Waals surface area (Å²) in [5.41, 5.74) is 1.86. The molecule has 4 nitrogen and oxygen atoms in total. The molecule has 1 heterocycles. The van der Waals surface area contributed by atoms with Crippen molar-refractivity contribution in [2.45, 2.75) is 18.8 Å². The van der Waals surface area contributed by atoms with Crippen LogP contribution in [0.5, 0.6) is 11.5 Å². The van der Waals surface area contributed by atoms with E-state index in [0.29, 0.717) is 18.0 Å². The monoisotopic (exact) mass is 345 g/mol. The zero-order chi connectivity index (χ0) is 17.8. The number of hydrogen-bond donors (Lipinski definition) is 1. The van der Waals surface area contributed by atoms with Gasteiger partial charge in [0.05, 0.1) is 0 Å². The fourth-order valence-electron chi connectivity index (χ4n) is 3.05. The van der Waals surface area contributed by atoms with E-state index >= 15 is 0 Å². The number of rotatable bonds is 5. The SMILES string of the molecule is O=C(CC1(c2ccccc2)Oc2ccccc2O1)NCc1ccccc1. The molecule has 0 atom stereocenters. The Morgan fingerprint density at radius 1 is 0.769 bits per heavy atom. The topological polar surface area (TPSA) is 47.6 Å². The van der Waals surface area contributed by atoms with Crippen molar-refractivity contribution in [1.29, 1.82) is 0 Å². The maximum atomic E-state index is 12.6. The van der Waals surface area contributed by atoms with Crippen LogP contribution in [-0.4, -0.2) is 5.91 Å². The van der Waals surface area contributed by atoms with Gasteiger partial charge in [-0.3, -0.25) is 4.79 Å². The Kier molecular flexibility index (Phi) is 4.32. The summed E-state index contributed by atoms with van der Waals surface area (Å²) in [4.78, 5) is 12.6. The second-order valence-corrected chi connectivity index (χ2v) is 6.21. The standard InChI is InChI=1S/C22H19NO3/c24-21(23-16-17-9-3-1-4-10-17)15-22(18-11-5-2-6-12-18)25-19-13-7-8-14-20(19)26-22/h1-14H,15-16H2,(H,23,24). The molecule has 0 saturated carbocycles. The molecule has 0 bridgehead atoms. The summed E-state index contributed by atoms with van der Waals surface area (Å²) in [6.45, 7) is 0.470. The van der Waals surface area contributed by atoms with Crippen molar-refractivity contribution in [3.05, 3.63) is 96.1 Å². The third kappa shape index (κ3) is 3.26. The summed E-state index contributed by atoms with van der Waals surface area (Å²) >= 11 is 0. The molecule has 130 valence electrons. The maximum absolute atomic E-state index is 12.6. The van der Waals surface area contributed by atoms with Gasteiger partial charge in [0.15, 0.2) is 11.5 Å². The van der Waals surface area contributed by atoms with E-state index in [0.717, 1.165) is 11.1 Å². The van der Waals surface area contributed by atoms with Crippen molar-refractivity contribution in [3.63, 3.8) is 0 Å². The number of ether oxygens (including phenoxy) is 2. The van der Waals surface area contributed by atoms with Gasteiger partial charge < -0.3 is 14.8 Å². The normalized spacial score (nSPS) is 14.0. The lowest BCUT2D eigenvalue weighted by Crippen LogP contribution is -2.41. The first-order valence-electron chi connectivity index (χ1n) is 8.58. The average Bonchev–Trinajstić information content (AvgIpc) is 3.07. The predicted octanol–water partition coefficient (Wildman–Crippen LogP) is 4.02. The van der Waals surface area contributed by atoms with Crippen LogP contribution in [0.15, 0.2) is 84.9 Å². The highest BCUT2D eigenvalue weighted by Crippen LogP contribution is 2.45. The Labute approximate surface area is 152 Å². The molecule has 4 rings (SSSR count). The molecule has 0 aliphatic carbocycles. The van der Waals surface area contributed by atoms with E-state index in [2.05, 4.69) is 5.32 Å². The van der Waals surface area contributed by atoms with E-state index in [1.54, 1.807) is 0 Å². The molecule has 0 spiro atoms. The van der Waals surface area contributed by atoms with Gasteiger partial charge in [0.25, 0.3) is 5.79 Å². The van der Waals surface area contributed by atoms with Crippen molar-refractivity contribution in [3.8, 4) is 11.5 Å². The molecule has 1 aliphatic heterocycles. The maximum Gasteiger partial charge on any atom is 0.287 e. The van der Waals surface area contributed by atoms with Gasteiger partial charge in [0, 0.05) is 12.1 Å². The summed E-state index contributed by atoms with van der Waals surface area (Å²) in [5.74, 6) is 0.0102. The second kappa shape index (κ2) is 6.92. The Bertz CT molecular complexity index is 869. The van der Waals surface area contributed by atoms with Crippen molar-refractivity contribution >= 4 is 5.91 Å². The van der Waals surface area contributed by atoms with E-state index in [-0.39, 0.29) is 12.3 Å². The summed E-state index contributed by atoms with van der Waals surface area (Å²) in [6, 6.07) is 26.9. The van der Waals surface area contributed by atoms with Crippen LogP contribution in [0, 0.1) is 0 Å². The molecule has 0 fully saturated rings. The van der Waals surface area contributed by atoms with Crippen molar-refractivity contribution < 1.29 is 14.3 Å². The van der Waals surface area contributed by atoms with Gasteiger partial charge in [-0.1, -0.05) is 72.8 Å². The van der Waals surface area contributed by atoms with Crippen LogP contribution in [0.1, 0.15) is 17.5 Å². The van der Waals surface area contributed by atoms with E-state index in [4.69, 9.17) is 9.47 Å². The van der Waals surface area contributed by atoms with Crippen LogP contribution in [-0.2, 0) is 17.1 Å². The molecule has 0 saturated heterocycles. The highest BCUT2D eigenvalue weighted by atomic mass is 16.7. The van der Waals surface area contributed by atoms with Crippen LogP contribution in [0.25, 0.3) is 0 Å². The lowest BCUT2D eigenvalue weighted by Gasteiger charge is -2.27. The number of fused-ring (bicyclic) bond motifs is 1. The molecule has 3 aromatic carbocycles. The van der Waals surface area contributed by atoms with Gasteiger partial charge in [0.1, 0.15) is 6.42 Å². The van der Waals surface area contributed by atoms with Crippen LogP contribution in [0.4, 0.5) is 0 Å². The first-order chi connectivity index (χ1) is 12.8. The molecule has 1 N–H and O–H groups in total. The van der Waals surface area contributed by atoms with Gasteiger partial charge in [-0.05, 0) is 17.7 Å². The number of hydrogen-bond acceptors (Lipinski definition) is 3. The molecule has 0 unspecified atom stereocenters. The zero-order valence-corrected chi connectivity index (χ0v) is 14.2. The number of benzene rings is 3. The number of nitrogens with one attached hydrogen (secondary N) is 1. The summed E-state index contributed by atoms with van der Waals surface area (Å²) in [5, 5.41) is 2.95. The molecule has 26 heavy (non-hydrogen) atoms.